The summed E-state index contributed by atoms with van der Waals surface area (Å²) >= 11 is 0. The Balaban J connectivity index is 2.33. The maximum absolute atomic E-state index is 12.0. The van der Waals surface area contributed by atoms with Crippen molar-refractivity contribution in [3.63, 3.8) is 0 Å². The maximum Gasteiger partial charge on any atom is 0.330 e. The van der Waals surface area contributed by atoms with Crippen molar-refractivity contribution in [1.82, 2.24) is 9.55 Å². The molecule has 0 saturated carbocycles. The molecule has 0 radical (unpaired) electrons. The van der Waals surface area contributed by atoms with Crippen LogP contribution in [0.1, 0.15) is 38.5 Å². The first-order valence-corrected chi connectivity index (χ1v) is 7.24. The van der Waals surface area contributed by atoms with Crippen LogP contribution >= 0.6 is 0 Å². The molecule has 1 aromatic rings. The molecule has 2 rings (SSSR count). The van der Waals surface area contributed by atoms with Gasteiger partial charge in [0.2, 0.25) is 0 Å². The SMILES string of the molecule is CCC#Cc1cn([C@H]2C[C@@H](OC(C)=O)[C@@H](CO)O2)c(=O)[nH]c1=O. The van der Waals surface area contributed by atoms with Crippen LogP contribution < -0.4 is 11.2 Å². The van der Waals surface area contributed by atoms with Gasteiger partial charge in [0.25, 0.3) is 5.56 Å². The van der Waals surface area contributed by atoms with Crippen LogP contribution in [0.25, 0.3) is 0 Å². The van der Waals surface area contributed by atoms with Gasteiger partial charge < -0.3 is 14.6 Å². The topological polar surface area (TPSA) is 111 Å². The number of carbonyl (C=O) groups excluding carboxylic acids is 1. The van der Waals surface area contributed by atoms with Crippen molar-refractivity contribution in [1.29, 1.82) is 0 Å². The molecule has 1 fully saturated rings. The number of nitrogens with zero attached hydrogens (tertiary/aromatic N) is 1. The summed E-state index contributed by atoms with van der Waals surface area (Å²) in [6, 6.07) is 0. The number of aliphatic hydroxyl groups is 1. The highest BCUT2D eigenvalue weighted by Gasteiger charge is 2.38. The number of carbonyl (C=O) groups is 1. The van der Waals surface area contributed by atoms with Crippen molar-refractivity contribution in [2.45, 2.75) is 45.1 Å². The molecular weight excluding hydrogens is 304 g/mol. The summed E-state index contributed by atoms with van der Waals surface area (Å²) < 4.78 is 11.8. The summed E-state index contributed by atoms with van der Waals surface area (Å²) in [6.45, 7) is 2.74. The van der Waals surface area contributed by atoms with E-state index in [0.717, 1.165) is 0 Å². The highest BCUT2D eigenvalue weighted by atomic mass is 16.6. The van der Waals surface area contributed by atoms with E-state index in [1.807, 2.05) is 6.92 Å². The van der Waals surface area contributed by atoms with Gasteiger partial charge in [0.1, 0.15) is 24.0 Å². The van der Waals surface area contributed by atoms with Crippen molar-refractivity contribution in [3.8, 4) is 11.8 Å². The van der Waals surface area contributed by atoms with E-state index in [2.05, 4.69) is 16.8 Å². The second kappa shape index (κ2) is 7.26. The number of hydrogen-bond donors (Lipinski definition) is 2. The van der Waals surface area contributed by atoms with Gasteiger partial charge in [0, 0.05) is 26.0 Å². The molecule has 0 bridgehead atoms. The molecule has 0 aromatic carbocycles. The van der Waals surface area contributed by atoms with E-state index < -0.39 is 35.7 Å². The number of esters is 1. The number of aromatic amines is 1. The van der Waals surface area contributed by atoms with E-state index in [0.29, 0.717) is 6.42 Å². The summed E-state index contributed by atoms with van der Waals surface area (Å²) in [5.41, 5.74) is -1.07. The number of aromatic nitrogens is 2. The molecule has 3 atom stereocenters. The van der Waals surface area contributed by atoms with E-state index in [-0.39, 0.29) is 18.6 Å². The summed E-state index contributed by atoms with van der Waals surface area (Å²) in [5, 5.41) is 9.31. The number of H-pyrrole nitrogens is 1. The lowest BCUT2D eigenvalue weighted by Crippen LogP contribution is -2.33. The zero-order chi connectivity index (χ0) is 17.0. The van der Waals surface area contributed by atoms with Crippen LogP contribution in [0.15, 0.2) is 15.8 Å². The molecular formula is C15H18N2O6. The minimum Gasteiger partial charge on any atom is -0.460 e. The molecule has 8 heteroatoms. The van der Waals surface area contributed by atoms with Gasteiger partial charge in [0.05, 0.1) is 6.61 Å². The average molecular weight is 322 g/mol. The van der Waals surface area contributed by atoms with Crippen molar-refractivity contribution in [2.24, 2.45) is 0 Å². The number of aliphatic hydroxyl groups excluding tert-OH is 1. The van der Waals surface area contributed by atoms with E-state index in [4.69, 9.17) is 9.47 Å². The molecule has 2 N–H and O–H groups in total. The fourth-order valence-electron chi connectivity index (χ4n) is 2.34. The zero-order valence-electron chi connectivity index (χ0n) is 12.9. The minimum absolute atomic E-state index is 0.145. The summed E-state index contributed by atoms with van der Waals surface area (Å²) in [7, 11) is 0. The van der Waals surface area contributed by atoms with Gasteiger partial charge in [0.15, 0.2) is 0 Å². The van der Waals surface area contributed by atoms with Crippen LogP contribution in [-0.4, -0.2) is 39.4 Å². The maximum atomic E-state index is 12.0. The molecule has 1 aliphatic rings. The Kier molecular flexibility index (Phi) is 5.36. The lowest BCUT2D eigenvalue weighted by Gasteiger charge is -2.15. The molecule has 2 heterocycles. The Labute approximate surface area is 132 Å². The van der Waals surface area contributed by atoms with Crippen LogP contribution in [0.2, 0.25) is 0 Å². The number of ether oxygens (including phenoxy) is 2. The van der Waals surface area contributed by atoms with E-state index in [1.54, 1.807) is 0 Å². The lowest BCUT2D eigenvalue weighted by molar-refractivity contribution is -0.150. The Morgan fingerprint density at radius 1 is 1.57 bits per heavy atom. The van der Waals surface area contributed by atoms with Gasteiger partial charge in [-0.15, -0.1) is 0 Å². The Morgan fingerprint density at radius 2 is 2.30 bits per heavy atom. The molecule has 1 aromatic heterocycles. The minimum atomic E-state index is -0.761. The van der Waals surface area contributed by atoms with Crippen LogP contribution in [0, 0.1) is 11.8 Å². The number of hydrogen-bond acceptors (Lipinski definition) is 6. The molecule has 0 amide bonds. The standard InChI is InChI=1S/C15H18N2O6/c1-3-4-5-10-7-17(15(21)16-14(10)20)13-6-11(22-9(2)19)12(8-18)23-13/h7,11-13,18H,3,6,8H2,1-2H3,(H,16,20,21)/t11-,12-,13-/m1/s1. The van der Waals surface area contributed by atoms with Gasteiger partial charge in [-0.1, -0.05) is 18.8 Å². The molecule has 23 heavy (non-hydrogen) atoms. The second-order valence-electron chi connectivity index (χ2n) is 5.06. The van der Waals surface area contributed by atoms with E-state index >= 15 is 0 Å². The Morgan fingerprint density at radius 3 is 2.91 bits per heavy atom. The van der Waals surface area contributed by atoms with Crippen molar-refractivity contribution in [3.05, 3.63) is 32.6 Å². The average Bonchev–Trinajstić information content (AvgIpc) is 2.88. The third-order valence-corrected chi connectivity index (χ3v) is 3.36. The molecule has 8 nitrogen and oxygen atoms in total. The van der Waals surface area contributed by atoms with Crippen LogP contribution in [0.5, 0.6) is 0 Å². The largest absolute Gasteiger partial charge is 0.460 e. The zero-order valence-corrected chi connectivity index (χ0v) is 12.9. The first-order valence-electron chi connectivity index (χ1n) is 7.24. The molecule has 124 valence electrons. The first kappa shape index (κ1) is 17.0. The third-order valence-electron chi connectivity index (χ3n) is 3.36. The molecule has 1 saturated heterocycles. The van der Waals surface area contributed by atoms with Crippen LogP contribution in [0.4, 0.5) is 0 Å². The fourth-order valence-corrected chi connectivity index (χ4v) is 2.34. The molecule has 0 aliphatic carbocycles. The number of rotatable bonds is 3. The number of nitrogens with one attached hydrogen (secondary N) is 1. The quantitative estimate of drug-likeness (QED) is 0.574. The highest BCUT2D eigenvalue weighted by molar-refractivity contribution is 5.66. The van der Waals surface area contributed by atoms with Gasteiger partial charge in [-0.3, -0.25) is 19.1 Å². The predicted octanol–water partition coefficient (Wildman–Crippen LogP) is -0.490. The first-order chi connectivity index (χ1) is 11.0. The Hall–Kier alpha value is -2.37. The van der Waals surface area contributed by atoms with Gasteiger partial charge >= 0.3 is 11.7 Å². The van der Waals surface area contributed by atoms with Crippen molar-refractivity contribution >= 4 is 5.97 Å². The van der Waals surface area contributed by atoms with Gasteiger partial charge in [-0.2, -0.15) is 0 Å². The Bertz CT molecular complexity index is 754. The summed E-state index contributed by atoms with van der Waals surface area (Å²) in [6.07, 6.45) is -0.0711. The monoisotopic (exact) mass is 322 g/mol. The van der Waals surface area contributed by atoms with E-state index in [9.17, 15) is 19.5 Å². The van der Waals surface area contributed by atoms with Crippen LogP contribution in [0.3, 0.4) is 0 Å². The van der Waals surface area contributed by atoms with Crippen molar-refractivity contribution < 1.29 is 19.4 Å². The van der Waals surface area contributed by atoms with Gasteiger partial charge in [-0.25, -0.2) is 4.79 Å². The highest BCUT2D eigenvalue weighted by Crippen LogP contribution is 2.29. The predicted molar refractivity (Wildman–Crippen MR) is 79.7 cm³/mol. The molecule has 0 spiro atoms. The lowest BCUT2D eigenvalue weighted by atomic mass is 10.2. The summed E-state index contributed by atoms with van der Waals surface area (Å²) in [5.74, 6) is 4.94. The normalized spacial score (nSPS) is 23.2. The summed E-state index contributed by atoms with van der Waals surface area (Å²) in [4.78, 5) is 37.0. The second-order valence-corrected chi connectivity index (χ2v) is 5.06. The molecule has 0 unspecified atom stereocenters. The third kappa shape index (κ3) is 3.88. The van der Waals surface area contributed by atoms with Gasteiger partial charge in [-0.05, 0) is 0 Å². The van der Waals surface area contributed by atoms with Crippen LogP contribution in [-0.2, 0) is 14.3 Å². The smallest absolute Gasteiger partial charge is 0.330 e. The fraction of sp³-hybridized carbons (Fsp3) is 0.533. The molecule has 1 aliphatic heterocycles. The van der Waals surface area contributed by atoms with E-state index in [1.165, 1.54) is 17.7 Å². The van der Waals surface area contributed by atoms with Crippen molar-refractivity contribution in [2.75, 3.05) is 6.61 Å².